The number of benzene rings is 1. The average molecular weight is 365 g/mol. The molecule has 0 spiro atoms. The van der Waals surface area contributed by atoms with Gasteiger partial charge in [-0.15, -0.1) is 24.8 Å². The molecule has 132 valence electrons. The van der Waals surface area contributed by atoms with Crippen LogP contribution in [0, 0.1) is 18.7 Å². The second-order valence-electron chi connectivity index (χ2n) is 6.18. The minimum atomic E-state index is -0.122. The predicted octanol–water partition coefficient (Wildman–Crippen LogP) is 3.35. The average Bonchev–Trinajstić information content (AvgIpc) is 2.53. The molecule has 23 heavy (non-hydrogen) atoms. The van der Waals surface area contributed by atoms with Crippen LogP contribution in [0.3, 0.4) is 0 Å². The summed E-state index contributed by atoms with van der Waals surface area (Å²) in [6, 6.07) is 5.56. The van der Waals surface area contributed by atoms with E-state index >= 15 is 0 Å². The number of hydrogen-bond acceptors (Lipinski definition) is 3. The van der Waals surface area contributed by atoms with E-state index in [1.54, 1.807) is 12.1 Å². The van der Waals surface area contributed by atoms with Crippen molar-refractivity contribution in [2.24, 2.45) is 5.92 Å². The maximum absolute atomic E-state index is 13.8. The van der Waals surface area contributed by atoms with Gasteiger partial charge in [-0.2, -0.15) is 0 Å². The lowest BCUT2D eigenvalue weighted by molar-refractivity contribution is 0.0210. The van der Waals surface area contributed by atoms with Crippen molar-refractivity contribution in [1.29, 1.82) is 0 Å². The summed E-state index contributed by atoms with van der Waals surface area (Å²) in [7, 11) is 0. The fourth-order valence-electron chi connectivity index (χ4n) is 3.67. The third-order valence-corrected chi connectivity index (χ3v) is 4.82. The Hall–Kier alpha value is -0.390. The third kappa shape index (κ3) is 5.04. The Morgan fingerprint density at radius 2 is 1.83 bits per heavy atom. The molecule has 1 aromatic rings. The zero-order chi connectivity index (χ0) is 14.7. The molecule has 2 aliphatic heterocycles. The molecule has 3 rings (SSSR count). The molecule has 0 unspecified atom stereocenters. The van der Waals surface area contributed by atoms with Gasteiger partial charge in [0.15, 0.2) is 0 Å². The Balaban J connectivity index is 0.00000132. The number of halogens is 3. The highest BCUT2D eigenvalue weighted by Crippen LogP contribution is 2.37. The highest BCUT2D eigenvalue weighted by molar-refractivity contribution is 5.85. The smallest absolute Gasteiger partial charge is 0.123 e. The van der Waals surface area contributed by atoms with Crippen molar-refractivity contribution in [3.05, 3.63) is 35.1 Å². The Bertz CT molecular complexity index is 460. The lowest BCUT2D eigenvalue weighted by Crippen LogP contribution is -2.47. The lowest BCUT2D eigenvalue weighted by atomic mass is 9.84. The van der Waals surface area contributed by atoms with Crippen LogP contribution in [-0.4, -0.2) is 44.3 Å². The molecule has 0 bridgehead atoms. The topological polar surface area (TPSA) is 24.5 Å². The van der Waals surface area contributed by atoms with Gasteiger partial charge in [0.25, 0.3) is 0 Å². The number of aryl methyl sites for hydroxylation is 1. The molecule has 1 atom stereocenters. The van der Waals surface area contributed by atoms with Crippen molar-refractivity contribution in [3.8, 4) is 0 Å². The van der Waals surface area contributed by atoms with Gasteiger partial charge in [-0.05, 0) is 48.9 Å². The molecule has 0 aromatic heterocycles. The molecule has 3 nitrogen and oxygen atoms in total. The Kier molecular flexibility index (Phi) is 8.80. The first kappa shape index (κ1) is 20.7. The summed E-state index contributed by atoms with van der Waals surface area (Å²) >= 11 is 0. The molecule has 1 N–H and O–H groups in total. The summed E-state index contributed by atoms with van der Waals surface area (Å²) in [6.45, 7) is 7.89. The van der Waals surface area contributed by atoms with Gasteiger partial charge in [-0.1, -0.05) is 6.07 Å². The van der Waals surface area contributed by atoms with Crippen LogP contribution < -0.4 is 5.32 Å². The Morgan fingerprint density at radius 3 is 2.48 bits per heavy atom. The maximum atomic E-state index is 13.8. The van der Waals surface area contributed by atoms with E-state index in [1.807, 2.05) is 6.07 Å². The quantitative estimate of drug-likeness (QED) is 0.889. The normalized spacial score (nSPS) is 21.1. The van der Waals surface area contributed by atoms with Gasteiger partial charge in [-0.3, -0.25) is 4.90 Å². The van der Waals surface area contributed by atoms with Crippen molar-refractivity contribution in [2.75, 3.05) is 39.4 Å². The van der Waals surface area contributed by atoms with Gasteiger partial charge < -0.3 is 10.1 Å². The van der Waals surface area contributed by atoms with Crippen LogP contribution in [0.1, 0.15) is 30.0 Å². The molecule has 0 radical (unpaired) electrons. The largest absolute Gasteiger partial charge is 0.381 e. The minimum Gasteiger partial charge on any atom is -0.381 e. The van der Waals surface area contributed by atoms with Gasteiger partial charge >= 0.3 is 0 Å². The molecule has 6 heteroatoms. The van der Waals surface area contributed by atoms with Crippen LogP contribution in [0.2, 0.25) is 0 Å². The van der Waals surface area contributed by atoms with E-state index in [9.17, 15) is 4.39 Å². The number of piperazine rings is 1. The van der Waals surface area contributed by atoms with Crippen molar-refractivity contribution in [3.63, 3.8) is 0 Å². The van der Waals surface area contributed by atoms with Crippen LogP contribution in [0.25, 0.3) is 0 Å². The number of nitrogens with one attached hydrogen (secondary N) is 1. The van der Waals surface area contributed by atoms with Crippen molar-refractivity contribution in [2.45, 2.75) is 25.8 Å². The first-order valence-corrected chi connectivity index (χ1v) is 8.04. The molecule has 2 saturated heterocycles. The third-order valence-electron chi connectivity index (χ3n) is 4.82. The van der Waals surface area contributed by atoms with Crippen LogP contribution >= 0.6 is 24.8 Å². The predicted molar refractivity (Wildman–Crippen MR) is 96.4 cm³/mol. The Labute approximate surface area is 150 Å². The van der Waals surface area contributed by atoms with Crippen LogP contribution in [-0.2, 0) is 4.74 Å². The van der Waals surface area contributed by atoms with Crippen molar-refractivity contribution in [1.82, 2.24) is 10.2 Å². The van der Waals surface area contributed by atoms with Crippen molar-refractivity contribution >= 4 is 24.8 Å². The molecular weight excluding hydrogens is 338 g/mol. The van der Waals surface area contributed by atoms with Gasteiger partial charge in [-0.25, -0.2) is 4.39 Å². The standard InChI is InChI=1S/C17H25FN2O.2ClH/c1-13-2-3-15(18)12-16(13)17(14-4-10-21-11-5-14)20-8-6-19-7-9-20;;/h2-3,12,14,17,19H,4-11H2,1H3;2*1H/t17-;;/m0../s1. The fourth-order valence-corrected chi connectivity index (χ4v) is 3.67. The zero-order valence-corrected chi connectivity index (χ0v) is 15.2. The van der Waals surface area contributed by atoms with E-state index in [0.29, 0.717) is 12.0 Å². The SMILES string of the molecule is Cc1ccc(F)cc1[C@H](C1CCOCC1)N1CCNCC1.Cl.Cl. The second kappa shape index (κ2) is 9.80. The number of rotatable bonds is 3. The van der Waals surface area contributed by atoms with Crippen LogP contribution in [0.5, 0.6) is 0 Å². The first-order valence-electron chi connectivity index (χ1n) is 8.04. The van der Waals surface area contributed by atoms with Gasteiger partial charge in [0.05, 0.1) is 0 Å². The molecular formula is C17H27Cl2FN2O. The Morgan fingerprint density at radius 1 is 1.17 bits per heavy atom. The van der Waals surface area contributed by atoms with E-state index < -0.39 is 0 Å². The maximum Gasteiger partial charge on any atom is 0.123 e. The van der Waals surface area contributed by atoms with E-state index in [1.165, 1.54) is 11.1 Å². The summed E-state index contributed by atoms with van der Waals surface area (Å²) in [5.41, 5.74) is 2.37. The van der Waals surface area contributed by atoms with E-state index in [0.717, 1.165) is 52.2 Å². The summed E-state index contributed by atoms with van der Waals surface area (Å²) in [5, 5.41) is 3.41. The van der Waals surface area contributed by atoms with Crippen molar-refractivity contribution < 1.29 is 9.13 Å². The lowest BCUT2D eigenvalue weighted by Gasteiger charge is -2.41. The second-order valence-corrected chi connectivity index (χ2v) is 6.18. The molecule has 0 saturated carbocycles. The zero-order valence-electron chi connectivity index (χ0n) is 13.6. The van der Waals surface area contributed by atoms with E-state index in [2.05, 4.69) is 17.1 Å². The first-order chi connectivity index (χ1) is 10.3. The molecule has 0 aliphatic carbocycles. The minimum absolute atomic E-state index is 0. The molecule has 0 amide bonds. The van der Waals surface area contributed by atoms with Gasteiger partial charge in [0.2, 0.25) is 0 Å². The fraction of sp³-hybridized carbons (Fsp3) is 0.647. The van der Waals surface area contributed by atoms with E-state index in [4.69, 9.17) is 4.74 Å². The molecule has 2 fully saturated rings. The number of hydrogen-bond donors (Lipinski definition) is 1. The summed E-state index contributed by atoms with van der Waals surface area (Å²) in [6.07, 6.45) is 2.15. The van der Waals surface area contributed by atoms with E-state index in [-0.39, 0.29) is 30.6 Å². The highest BCUT2D eigenvalue weighted by atomic mass is 35.5. The number of nitrogens with zero attached hydrogens (tertiary/aromatic N) is 1. The summed E-state index contributed by atoms with van der Waals surface area (Å²) in [4.78, 5) is 2.54. The molecule has 1 aromatic carbocycles. The van der Waals surface area contributed by atoms with Gasteiger partial charge in [0, 0.05) is 45.4 Å². The molecule has 2 aliphatic rings. The van der Waals surface area contributed by atoms with Crippen LogP contribution in [0.15, 0.2) is 18.2 Å². The van der Waals surface area contributed by atoms with Crippen LogP contribution in [0.4, 0.5) is 4.39 Å². The summed E-state index contributed by atoms with van der Waals surface area (Å²) in [5.74, 6) is 0.445. The molecule has 2 heterocycles. The monoisotopic (exact) mass is 364 g/mol. The summed E-state index contributed by atoms with van der Waals surface area (Å²) < 4.78 is 19.3. The highest BCUT2D eigenvalue weighted by Gasteiger charge is 2.32. The van der Waals surface area contributed by atoms with Gasteiger partial charge in [0.1, 0.15) is 5.82 Å². The number of ether oxygens (including phenoxy) is 1.